The molecule has 0 amide bonds. The quantitative estimate of drug-likeness (QED) is 0.377. The third-order valence-corrected chi connectivity index (χ3v) is 5.32. The lowest BCUT2D eigenvalue weighted by Gasteiger charge is -2.11. The summed E-state index contributed by atoms with van der Waals surface area (Å²) >= 11 is 0. The topological polar surface area (TPSA) is 70.3 Å². The van der Waals surface area contributed by atoms with E-state index in [0.29, 0.717) is 28.9 Å². The Hall–Kier alpha value is -3.62. The molecule has 0 aliphatic carbocycles. The Bertz CT molecular complexity index is 1210. The minimum Gasteiger partial charge on any atom is -0.456 e. The number of ether oxygens (including phenoxy) is 1. The van der Waals surface area contributed by atoms with Crippen LogP contribution in [0.5, 0.6) is 0 Å². The van der Waals surface area contributed by atoms with Crippen LogP contribution in [-0.2, 0) is 35.2 Å². The van der Waals surface area contributed by atoms with E-state index in [1.54, 1.807) is 13.0 Å². The van der Waals surface area contributed by atoms with Gasteiger partial charge < -0.3 is 13.9 Å². The van der Waals surface area contributed by atoms with Gasteiger partial charge in [0.15, 0.2) is 6.61 Å². The number of Topliss-reactive ketones (excluding diaryl/α,β-unsaturated/α-hetero) is 1. The largest absolute Gasteiger partial charge is 0.456 e. The van der Waals surface area contributed by atoms with Gasteiger partial charge in [-0.25, -0.2) is 0 Å². The first-order chi connectivity index (χ1) is 15.6. The molecule has 0 aliphatic heterocycles. The highest BCUT2D eigenvalue weighted by molar-refractivity contribution is 5.99. The summed E-state index contributed by atoms with van der Waals surface area (Å²) in [6.07, 6.45) is -3.32. The number of nitrogens with zero attached hydrogens (tertiary/aromatic N) is 2. The molecule has 0 saturated carbocycles. The normalized spacial score (nSPS) is 11.4. The van der Waals surface area contributed by atoms with Crippen LogP contribution in [0.1, 0.15) is 32.9 Å². The Balaban J connectivity index is 1.62. The third kappa shape index (κ3) is 6.00. The zero-order valence-corrected chi connectivity index (χ0v) is 18.2. The number of esters is 1. The van der Waals surface area contributed by atoms with Crippen molar-refractivity contribution < 1.29 is 27.5 Å². The van der Waals surface area contributed by atoms with Crippen molar-refractivity contribution in [3.05, 3.63) is 93.2 Å². The van der Waals surface area contributed by atoms with Gasteiger partial charge in [-0.2, -0.15) is 13.2 Å². The minimum absolute atomic E-state index is 0.407. The van der Waals surface area contributed by atoms with E-state index in [9.17, 15) is 27.6 Å². The predicted molar refractivity (Wildman–Crippen MR) is 115 cm³/mol. The number of carbonyl (C=O) groups excluding carboxylic acids is 2. The zero-order chi connectivity index (χ0) is 24.2. The lowest BCUT2D eigenvalue weighted by Crippen LogP contribution is -2.27. The van der Waals surface area contributed by atoms with Gasteiger partial charge in [0.25, 0.3) is 5.56 Å². The van der Waals surface area contributed by atoms with E-state index < -0.39 is 42.2 Å². The molecule has 0 N–H and O–H groups in total. The molecule has 0 spiro atoms. The number of rotatable bonds is 8. The fourth-order valence-corrected chi connectivity index (χ4v) is 3.54. The molecule has 2 heterocycles. The molecule has 6 nitrogen and oxygen atoms in total. The molecular weight excluding hydrogens is 437 g/mol. The first-order valence-corrected chi connectivity index (χ1v) is 10.2. The Labute approximate surface area is 188 Å². The van der Waals surface area contributed by atoms with Crippen LogP contribution in [0.15, 0.2) is 59.5 Å². The maximum absolute atomic E-state index is 12.8. The fourth-order valence-electron chi connectivity index (χ4n) is 3.54. The number of hydrogen-bond acceptors (Lipinski definition) is 4. The van der Waals surface area contributed by atoms with Crippen molar-refractivity contribution in [3.63, 3.8) is 0 Å². The van der Waals surface area contributed by atoms with Gasteiger partial charge in [-0.05, 0) is 38.0 Å². The maximum Gasteiger partial charge on any atom is 0.417 e. The Morgan fingerprint density at radius 3 is 2.39 bits per heavy atom. The molecule has 0 aliphatic rings. The highest BCUT2D eigenvalue weighted by Crippen LogP contribution is 2.28. The van der Waals surface area contributed by atoms with Crippen LogP contribution in [0.3, 0.4) is 0 Å². The maximum atomic E-state index is 12.8. The first kappa shape index (κ1) is 24.0. The second-order valence-corrected chi connectivity index (χ2v) is 7.64. The highest BCUT2D eigenvalue weighted by atomic mass is 19.4. The van der Waals surface area contributed by atoms with Crippen LogP contribution in [0.2, 0.25) is 0 Å². The van der Waals surface area contributed by atoms with Crippen molar-refractivity contribution in [2.45, 2.75) is 39.5 Å². The van der Waals surface area contributed by atoms with Crippen LogP contribution < -0.4 is 5.56 Å². The lowest BCUT2D eigenvalue weighted by atomic mass is 10.1. The molecule has 3 aromatic rings. The molecular formula is C24H23F3N2O4. The van der Waals surface area contributed by atoms with Crippen molar-refractivity contribution in [2.24, 2.45) is 0 Å². The smallest absolute Gasteiger partial charge is 0.417 e. The number of benzene rings is 1. The second-order valence-electron chi connectivity index (χ2n) is 7.64. The molecule has 33 heavy (non-hydrogen) atoms. The highest BCUT2D eigenvalue weighted by Gasteiger charge is 2.31. The molecule has 0 fully saturated rings. The summed E-state index contributed by atoms with van der Waals surface area (Å²) in [4.78, 5) is 36.4. The summed E-state index contributed by atoms with van der Waals surface area (Å²) in [7, 11) is 0. The number of carbonyl (C=O) groups is 2. The molecule has 174 valence electrons. The number of ketones is 1. The summed E-state index contributed by atoms with van der Waals surface area (Å²) in [6.45, 7) is 3.05. The first-order valence-electron chi connectivity index (χ1n) is 10.2. The van der Waals surface area contributed by atoms with Crippen molar-refractivity contribution in [1.29, 1.82) is 0 Å². The molecule has 1 aromatic carbocycles. The van der Waals surface area contributed by atoms with Crippen molar-refractivity contribution in [1.82, 2.24) is 9.13 Å². The predicted octanol–water partition coefficient (Wildman–Crippen LogP) is 3.95. The van der Waals surface area contributed by atoms with Crippen molar-refractivity contribution in [3.8, 4) is 0 Å². The molecule has 0 radical (unpaired) electrons. The number of aromatic nitrogens is 2. The standard InChI is InChI=1S/C24H23F3N2O4/c1-16-12-20(17(2)29(16)11-10-18-6-4-3-5-7-18)21(30)15-33-23(32)14-28-13-19(24(25,26)27)8-9-22(28)31/h3-9,12-13H,10-11,14-15H2,1-2H3. The zero-order valence-electron chi connectivity index (χ0n) is 18.2. The van der Waals surface area contributed by atoms with E-state index in [1.807, 2.05) is 41.8 Å². The molecule has 0 bridgehead atoms. The average Bonchev–Trinajstić information content (AvgIpc) is 3.05. The number of halogens is 3. The Kier molecular flexibility index (Phi) is 7.20. The van der Waals surface area contributed by atoms with Gasteiger partial charge in [-0.1, -0.05) is 30.3 Å². The van der Waals surface area contributed by atoms with Gasteiger partial charge in [0.05, 0.1) is 5.56 Å². The van der Waals surface area contributed by atoms with Crippen LogP contribution >= 0.6 is 0 Å². The summed E-state index contributed by atoms with van der Waals surface area (Å²) in [6, 6.07) is 13.0. The number of pyridine rings is 1. The van der Waals surface area contributed by atoms with E-state index >= 15 is 0 Å². The molecule has 0 atom stereocenters. The molecule has 0 saturated heterocycles. The van der Waals surface area contributed by atoms with E-state index in [2.05, 4.69) is 0 Å². The van der Waals surface area contributed by atoms with Gasteiger partial charge in [0.1, 0.15) is 6.54 Å². The van der Waals surface area contributed by atoms with Crippen molar-refractivity contribution in [2.75, 3.05) is 6.61 Å². The van der Waals surface area contributed by atoms with Crippen LogP contribution in [0, 0.1) is 13.8 Å². The number of hydrogen-bond donors (Lipinski definition) is 0. The average molecular weight is 460 g/mol. The summed E-state index contributed by atoms with van der Waals surface area (Å²) in [5.74, 6) is -1.42. The summed E-state index contributed by atoms with van der Waals surface area (Å²) in [5, 5.41) is 0. The van der Waals surface area contributed by atoms with E-state index in [4.69, 9.17) is 4.74 Å². The molecule has 2 aromatic heterocycles. The van der Waals surface area contributed by atoms with Gasteiger partial charge in [0, 0.05) is 35.8 Å². The lowest BCUT2D eigenvalue weighted by molar-refractivity contribution is -0.144. The monoisotopic (exact) mass is 460 g/mol. The van der Waals surface area contributed by atoms with Gasteiger partial charge in [-0.15, -0.1) is 0 Å². The van der Waals surface area contributed by atoms with Gasteiger partial charge >= 0.3 is 12.1 Å². The SMILES string of the molecule is Cc1cc(C(=O)COC(=O)Cn2cc(C(F)(F)F)ccc2=O)c(C)n1CCc1ccccc1. The van der Waals surface area contributed by atoms with Crippen LogP contribution in [0.4, 0.5) is 13.2 Å². The van der Waals surface area contributed by atoms with Crippen molar-refractivity contribution >= 4 is 11.8 Å². The van der Waals surface area contributed by atoms with Gasteiger partial charge in [-0.3, -0.25) is 14.4 Å². The Morgan fingerprint density at radius 2 is 1.73 bits per heavy atom. The van der Waals surface area contributed by atoms with E-state index in [0.717, 1.165) is 29.4 Å². The number of aryl methyl sites for hydroxylation is 2. The second kappa shape index (κ2) is 9.89. The van der Waals surface area contributed by atoms with Crippen LogP contribution in [-0.4, -0.2) is 27.5 Å². The minimum atomic E-state index is -4.65. The van der Waals surface area contributed by atoms with Crippen LogP contribution in [0.25, 0.3) is 0 Å². The molecule has 0 unspecified atom stereocenters. The van der Waals surface area contributed by atoms with E-state index in [-0.39, 0.29) is 0 Å². The fraction of sp³-hybridized carbons (Fsp3) is 0.292. The molecule has 3 rings (SSSR count). The third-order valence-electron chi connectivity index (χ3n) is 5.32. The molecule has 9 heteroatoms. The van der Waals surface area contributed by atoms with E-state index in [1.165, 1.54) is 0 Å². The summed E-state index contributed by atoms with van der Waals surface area (Å²) < 4.78 is 46.0. The Morgan fingerprint density at radius 1 is 1.03 bits per heavy atom. The van der Waals surface area contributed by atoms with Gasteiger partial charge in [0.2, 0.25) is 5.78 Å². The number of alkyl halides is 3. The summed E-state index contributed by atoms with van der Waals surface area (Å²) in [5.41, 5.74) is 1.34.